The monoisotopic (exact) mass is 529 g/mol. The van der Waals surface area contributed by atoms with Gasteiger partial charge in [-0.15, -0.1) is 0 Å². The van der Waals surface area contributed by atoms with Crippen LogP contribution in [0.1, 0.15) is 37.5 Å². The molecule has 2 aromatic carbocycles. The fraction of sp³-hybridized carbons (Fsp3) is 0.0909. The van der Waals surface area contributed by atoms with E-state index in [-0.39, 0.29) is 0 Å². The van der Waals surface area contributed by atoms with Gasteiger partial charge in [-0.2, -0.15) is 5.10 Å². The maximum absolute atomic E-state index is 12.6. The quantitative estimate of drug-likeness (QED) is 0.212. The molecule has 3 aromatic rings. The Bertz CT molecular complexity index is 1130. The number of halogens is 2. The molecule has 0 radical (unpaired) electrons. The second-order valence-electron chi connectivity index (χ2n) is 6.45. The van der Waals surface area contributed by atoms with Gasteiger partial charge >= 0.3 is 5.97 Å². The number of esters is 1. The summed E-state index contributed by atoms with van der Waals surface area (Å²) in [5.41, 5.74) is 5.54. The molecule has 1 aromatic heterocycles. The van der Waals surface area contributed by atoms with Crippen molar-refractivity contribution >= 4 is 50.0 Å². The highest BCUT2D eigenvalue weighted by Crippen LogP contribution is 2.32. The van der Waals surface area contributed by atoms with Crippen molar-refractivity contribution in [3.63, 3.8) is 0 Å². The van der Waals surface area contributed by atoms with E-state index >= 15 is 0 Å². The van der Waals surface area contributed by atoms with E-state index in [1.165, 1.54) is 12.4 Å². The Morgan fingerprint density at radius 2 is 1.87 bits per heavy atom. The maximum Gasteiger partial charge on any atom is 0.343 e. The van der Waals surface area contributed by atoms with Crippen LogP contribution in [0.2, 0.25) is 0 Å². The smallest absolute Gasteiger partial charge is 0.343 e. The van der Waals surface area contributed by atoms with Crippen molar-refractivity contribution in [1.82, 2.24) is 10.4 Å². The lowest BCUT2D eigenvalue weighted by Crippen LogP contribution is -2.18. The average Bonchev–Trinajstić information content (AvgIpc) is 2.70. The van der Waals surface area contributed by atoms with E-state index in [1.807, 2.05) is 19.9 Å². The molecule has 0 aliphatic heterocycles. The van der Waals surface area contributed by atoms with E-state index in [0.717, 1.165) is 15.7 Å². The summed E-state index contributed by atoms with van der Waals surface area (Å²) < 4.78 is 6.92. The third-order valence-corrected chi connectivity index (χ3v) is 5.08. The summed E-state index contributed by atoms with van der Waals surface area (Å²) in [5, 5.41) is 3.99. The number of hydrogen-bond acceptors (Lipinski definition) is 5. The Hall–Kier alpha value is -2.84. The second-order valence-corrected chi connectivity index (χ2v) is 8.22. The zero-order chi connectivity index (χ0) is 21.7. The van der Waals surface area contributed by atoms with Gasteiger partial charge in [0.15, 0.2) is 5.75 Å². The number of carbonyl (C=O) groups excluding carboxylic acids is 2. The van der Waals surface area contributed by atoms with Crippen LogP contribution in [0.25, 0.3) is 0 Å². The molecule has 0 saturated heterocycles. The number of nitrogens with one attached hydrogen (secondary N) is 1. The highest BCUT2D eigenvalue weighted by Gasteiger charge is 2.15. The Morgan fingerprint density at radius 1 is 1.07 bits per heavy atom. The van der Waals surface area contributed by atoms with Gasteiger partial charge in [0.25, 0.3) is 5.91 Å². The minimum Gasteiger partial charge on any atom is -0.421 e. The first-order valence-electron chi connectivity index (χ1n) is 8.87. The number of benzene rings is 2. The molecule has 0 aliphatic carbocycles. The molecule has 0 atom stereocenters. The molecule has 0 unspecified atom stereocenters. The van der Waals surface area contributed by atoms with Crippen molar-refractivity contribution in [2.24, 2.45) is 5.10 Å². The van der Waals surface area contributed by atoms with Crippen LogP contribution in [0.15, 0.2) is 68.8 Å². The molecule has 3 rings (SSSR count). The minimum absolute atomic E-state index is 0.291. The third kappa shape index (κ3) is 5.61. The van der Waals surface area contributed by atoms with Crippen LogP contribution >= 0.6 is 31.9 Å². The molecule has 0 fully saturated rings. The molecule has 1 amide bonds. The minimum atomic E-state index is -0.494. The molecule has 1 heterocycles. The second kappa shape index (κ2) is 9.77. The average molecular weight is 531 g/mol. The van der Waals surface area contributed by atoms with Gasteiger partial charge in [-0.1, -0.05) is 33.6 Å². The Labute approximate surface area is 190 Å². The van der Waals surface area contributed by atoms with Crippen LogP contribution in [0.3, 0.4) is 0 Å². The summed E-state index contributed by atoms with van der Waals surface area (Å²) in [7, 11) is 0. The first-order valence-corrected chi connectivity index (χ1v) is 10.5. The summed E-state index contributed by atoms with van der Waals surface area (Å²) in [5.74, 6) is -0.600. The Balaban J connectivity index is 1.80. The van der Waals surface area contributed by atoms with Gasteiger partial charge in [-0.25, -0.2) is 10.2 Å². The topological polar surface area (TPSA) is 80.6 Å². The molecule has 0 bridgehead atoms. The van der Waals surface area contributed by atoms with E-state index < -0.39 is 11.9 Å². The number of nitrogens with zero attached hydrogens (tertiary/aromatic N) is 2. The Morgan fingerprint density at radius 3 is 2.57 bits per heavy atom. The predicted octanol–water partition coefficient (Wildman–Crippen LogP) is 5.21. The number of carbonyl (C=O) groups is 2. The first-order chi connectivity index (χ1) is 14.3. The van der Waals surface area contributed by atoms with E-state index in [1.54, 1.807) is 42.5 Å². The highest BCUT2D eigenvalue weighted by atomic mass is 79.9. The van der Waals surface area contributed by atoms with Crippen LogP contribution < -0.4 is 10.2 Å². The van der Waals surface area contributed by atoms with Crippen molar-refractivity contribution in [1.29, 1.82) is 0 Å². The maximum atomic E-state index is 12.6. The molecule has 0 saturated carbocycles. The summed E-state index contributed by atoms with van der Waals surface area (Å²) in [6.45, 7) is 3.74. The summed E-state index contributed by atoms with van der Waals surface area (Å²) in [6, 6.07) is 14.0. The van der Waals surface area contributed by atoms with Gasteiger partial charge in [-0.05, 0) is 66.2 Å². The van der Waals surface area contributed by atoms with Crippen molar-refractivity contribution in [2.75, 3.05) is 0 Å². The van der Waals surface area contributed by atoms with Gasteiger partial charge in [0, 0.05) is 21.9 Å². The standard InChI is InChI=1S/C22H17Br2N3O3/c1-13-4-3-5-15(8-13)22(29)30-20-17(9-18(23)10-19(20)24)12-26-27-21(28)16-7-6-14(2)25-11-16/h3-12H,1-2H3,(H,27,28)/b26-12-. The summed E-state index contributed by atoms with van der Waals surface area (Å²) >= 11 is 6.82. The lowest BCUT2D eigenvalue weighted by atomic mass is 10.1. The van der Waals surface area contributed by atoms with Gasteiger partial charge in [0.05, 0.1) is 21.8 Å². The van der Waals surface area contributed by atoms with Crippen LogP contribution in [0, 0.1) is 13.8 Å². The van der Waals surface area contributed by atoms with Crippen LogP contribution in [-0.2, 0) is 0 Å². The number of rotatable bonds is 5. The number of hydrogen-bond donors (Lipinski definition) is 1. The van der Waals surface area contributed by atoms with Gasteiger partial charge in [0.1, 0.15) is 0 Å². The van der Waals surface area contributed by atoms with E-state index in [2.05, 4.69) is 47.4 Å². The van der Waals surface area contributed by atoms with E-state index in [4.69, 9.17) is 4.74 Å². The molecule has 8 heteroatoms. The molecule has 152 valence electrons. The molecule has 0 spiro atoms. The molecular weight excluding hydrogens is 514 g/mol. The van der Waals surface area contributed by atoms with Crippen LogP contribution in [-0.4, -0.2) is 23.1 Å². The summed E-state index contributed by atoms with van der Waals surface area (Å²) in [4.78, 5) is 28.9. The number of hydrazone groups is 1. The Kier molecular flexibility index (Phi) is 7.12. The molecular formula is C22H17Br2N3O3. The molecule has 0 aliphatic rings. The number of pyridine rings is 1. The van der Waals surface area contributed by atoms with Crippen LogP contribution in [0.5, 0.6) is 5.75 Å². The zero-order valence-electron chi connectivity index (χ0n) is 16.1. The van der Waals surface area contributed by atoms with Crippen molar-refractivity contribution in [3.8, 4) is 5.75 Å². The van der Waals surface area contributed by atoms with Gasteiger partial charge in [0.2, 0.25) is 0 Å². The van der Waals surface area contributed by atoms with Crippen molar-refractivity contribution in [2.45, 2.75) is 13.8 Å². The normalized spacial score (nSPS) is 10.8. The molecule has 6 nitrogen and oxygen atoms in total. The summed E-state index contributed by atoms with van der Waals surface area (Å²) in [6.07, 6.45) is 2.89. The van der Waals surface area contributed by atoms with Crippen molar-refractivity contribution in [3.05, 3.63) is 91.6 Å². The fourth-order valence-corrected chi connectivity index (χ4v) is 3.87. The highest BCUT2D eigenvalue weighted by molar-refractivity contribution is 9.11. The molecule has 1 N–H and O–H groups in total. The fourth-order valence-electron chi connectivity index (χ4n) is 2.53. The van der Waals surface area contributed by atoms with Gasteiger partial charge in [-0.3, -0.25) is 9.78 Å². The van der Waals surface area contributed by atoms with Crippen molar-refractivity contribution < 1.29 is 14.3 Å². The predicted molar refractivity (Wildman–Crippen MR) is 122 cm³/mol. The molecule has 30 heavy (non-hydrogen) atoms. The van der Waals surface area contributed by atoms with Gasteiger partial charge < -0.3 is 4.74 Å². The SMILES string of the molecule is Cc1cccc(C(=O)Oc2c(Br)cc(Br)cc2/C=N\NC(=O)c2ccc(C)nc2)c1. The van der Waals surface area contributed by atoms with E-state index in [0.29, 0.717) is 26.9 Å². The zero-order valence-corrected chi connectivity index (χ0v) is 19.3. The lowest BCUT2D eigenvalue weighted by molar-refractivity contribution is 0.0732. The number of ether oxygens (including phenoxy) is 1. The number of aryl methyl sites for hydroxylation is 2. The first kappa shape index (κ1) is 21.9. The third-order valence-electron chi connectivity index (χ3n) is 4.03. The van der Waals surface area contributed by atoms with E-state index in [9.17, 15) is 9.59 Å². The van der Waals surface area contributed by atoms with Crippen LogP contribution in [0.4, 0.5) is 0 Å². The number of aromatic nitrogens is 1. The largest absolute Gasteiger partial charge is 0.421 e. The number of amides is 1. The lowest BCUT2D eigenvalue weighted by Gasteiger charge is -2.11.